The Labute approximate surface area is 87.5 Å². The van der Waals surface area contributed by atoms with Gasteiger partial charge in [-0.1, -0.05) is 0 Å². The Kier molecular flexibility index (Phi) is 4.03. The minimum absolute atomic E-state index is 0.112. The van der Waals surface area contributed by atoms with Crippen molar-refractivity contribution in [3.05, 3.63) is 16.1 Å². The molecule has 0 aromatic carbocycles. The van der Waals surface area contributed by atoms with Crippen molar-refractivity contribution in [2.75, 3.05) is 6.54 Å². The number of rotatable bonds is 4. The van der Waals surface area contributed by atoms with Crippen LogP contribution in [-0.2, 0) is 6.42 Å². The molecule has 0 aliphatic carbocycles. The third kappa shape index (κ3) is 3.08. The van der Waals surface area contributed by atoms with E-state index in [0.717, 1.165) is 11.4 Å². The Morgan fingerprint density at radius 1 is 1.71 bits per heavy atom. The van der Waals surface area contributed by atoms with Crippen LogP contribution in [0, 0.1) is 0 Å². The van der Waals surface area contributed by atoms with E-state index in [9.17, 15) is 4.79 Å². The lowest BCUT2D eigenvalue weighted by atomic mass is 10.3. The van der Waals surface area contributed by atoms with Crippen molar-refractivity contribution in [3.63, 3.8) is 0 Å². The molecule has 1 rings (SSSR count). The molecule has 4 nitrogen and oxygen atoms in total. The van der Waals surface area contributed by atoms with Crippen molar-refractivity contribution in [1.29, 1.82) is 0 Å². The lowest BCUT2D eigenvalue weighted by Crippen LogP contribution is -2.30. The molecule has 5 heteroatoms. The van der Waals surface area contributed by atoms with Crippen LogP contribution in [0.2, 0.25) is 0 Å². The second kappa shape index (κ2) is 5.07. The first kappa shape index (κ1) is 11.1. The lowest BCUT2D eigenvalue weighted by molar-refractivity contribution is 0.0938. The summed E-state index contributed by atoms with van der Waals surface area (Å²) in [6, 6.07) is 0.141. The van der Waals surface area contributed by atoms with Gasteiger partial charge in [0.2, 0.25) is 0 Å². The Bertz CT molecular complexity index is 309. The maximum Gasteiger partial charge on any atom is 0.270 e. The summed E-state index contributed by atoms with van der Waals surface area (Å²) in [7, 11) is 0. The largest absolute Gasteiger partial charge is 0.349 e. The fraction of sp³-hybridized carbons (Fsp3) is 0.556. The maximum absolute atomic E-state index is 11.5. The quantitative estimate of drug-likeness (QED) is 0.776. The van der Waals surface area contributed by atoms with Crippen molar-refractivity contribution in [2.45, 2.75) is 26.3 Å². The smallest absolute Gasteiger partial charge is 0.270 e. The first-order chi connectivity index (χ1) is 6.63. The summed E-state index contributed by atoms with van der Waals surface area (Å²) in [6.45, 7) is 4.41. The molecule has 0 aliphatic heterocycles. The van der Waals surface area contributed by atoms with Crippen molar-refractivity contribution in [2.24, 2.45) is 5.73 Å². The zero-order valence-electron chi connectivity index (χ0n) is 8.41. The van der Waals surface area contributed by atoms with E-state index in [4.69, 9.17) is 5.73 Å². The minimum atomic E-state index is -0.112. The highest BCUT2D eigenvalue weighted by molar-refractivity contribution is 7.09. The molecule has 0 radical (unpaired) electrons. The van der Waals surface area contributed by atoms with E-state index in [1.807, 2.05) is 13.8 Å². The summed E-state index contributed by atoms with van der Waals surface area (Å²) in [6.07, 6.45) is 0.736. The van der Waals surface area contributed by atoms with Crippen molar-refractivity contribution in [3.8, 4) is 0 Å². The number of hydrogen-bond donors (Lipinski definition) is 2. The third-order valence-electron chi connectivity index (χ3n) is 1.56. The summed E-state index contributed by atoms with van der Waals surface area (Å²) in [5.74, 6) is -0.112. The van der Waals surface area contributed by atoms with E-state index in [-0.39, 0.29) is 11.9 Å². The molecule has 1 aromatic rings. The molecule has 0 saturated carbocycles. The first-order valence-corrected chi connectivity index (χ1v) is 5.46. The molecule has 78 valence electrons. The second-order valence-electron chi connectivity index (χ2n) is 3.29. The molecule has 1 amide bonds. The van der Waals surface area contributed by atoms with Crippen LogP contribution in [-0.4, -0.2) is 23.5 Å². The van der Waals surface area contributed by atoms with Gasteiger partial charge in [-0.05, 0) is 20.4 Å². The number of carbonyl (C=O) groups excluding carboxylic acids is 1. The fourth-order valence-electron chi connectivity index (χ4n) is 0.990. The molecule has 1 aromatic heterocycles. The third-order valence-corrected chi connectivity index (χ3v) is 2.47. The van der Waals surface area contributed by atoms with Gasteiger partial charge in [0.1, 0.15) is 5.69 Å². The molecule has 0 spiro atoms. The van der Waals surface area contributed by atoms with Crippen LogP contribution in [0.15, 0.2) is 5.38 Å². The predicted molar refractivity (Wildman–Crippen MR) is 57.5 cm³/mol. The van der Waals surface area contributed by atoms with Gasteiger partial charge in [0.25, 0.3) is 5.91 Å². The Hall–Kier alpha value is -0.940. The fourth-order valence-corrected chi connectivity index (χ4v) is 1.78. The number of amides is 1. The molecule has 0 saturated heterocycles. The maximum atomic E-state index is 11.5. The van der Waals surface area contributed by atoms with Gasteiger partial charge in [0.05, 0.1) is 5.01 Å². The van der Waals surface area contributed by atoms with Gasteiger partial charge in [-0.15, -0.1) is 11.3 Å². The van der Waals surface area contributed by atoms with Crippen LogP contribution < -0.4 is 11.1 Å². The van der Waals surface area contributed by atoms with Gasteiger partial charge in [-0.3, -0.25) is 4.79 Å². The Morgan fingerprint density at radius 2 is 2.43 bits per heavy atom. The van der Waals surface area contributed by atoms with Crippen molar-refractivity contribution >= 4 is 17.2 Å². The zero-order chi connectivity index (χ0) is 10.6. The number of nitrogens with two attached hydrogens (primary N) is 1. The second-order valence-corrected chi connectivity index (χ2v) is 4.24. The number of carbonyl (C=O) groups is 1. The highest BCUT2D eigenvalue weighted by Crippen LogP contribution is 2.09. The van der Waals surface area contributed by atoms with Gasteiger partial charge in [0, 0.05) is 17.8 Å². The van der Waals surface area contributed by atoms with Gasteiger partial charge in [-0.2, -0.15) is 0 Å². The average Bonchev–Trinajstić information content (AvgIpc) is 2.52. The van der Waals surface area contributed by atoms with Gasteiger partial charge in [-0.25, -0.2) is 4.98 Å². The summed E-state index contributed by atoms with van der Waals surface area (Å²) >= 11 is 1.48. The topological polar surface area (TPSA) is 68.0 Å². The van der Waals surface area contributed by atoms with Crippen LogP contribution >= 0.6 is 11.3 Å². The van der Waals surface area contributed by atoms with E-state index in [1.54, 1.807) is 5.38 Å². The van der Waals surface area contributed by atoms with Crippen molar-refractivity contribution < 1.29 is 4.79 Å². The predicted octanol–water partition coefficient (Wildman–Crippen LogP) is 0.782. The van der Waals surface area contributed by atoms with E-state index < -0.39 is 0 Å². The Morgan fingerprint density at radius 3 is 3.00 bits per heavy atom. The van der Waals surface area contributed by atoms with E-state index in [0.29, 0.717) is 12.2 Å². The van der Waals surface area contributed by atoms with Crippen LogP contribution in [0.4, 0.5) is 0 Å². The summed E-state index contributed by atoms with van der Waals surface area (Å²) < 4.78 is 0. The summed E-state index contributed by atoms with van der Waals surface area (Å²) in [5, 5.41) is 5.47. The molecule has 1 heterocycles. The van der Waals surface area contributed by atoms with Gasteiger partial charge >= 0.3 is 0 Å². The molecular formula is C9H15N3OS. The highest BCUT2D eigenvalue weighted by atomic mass is 32.1. The molecule has 0 aliphatic rings. The van der Waals surface area contributed by atoms with E-state index in [2.05, 4.69) is 10.3 Å². The normalized spacial score (nSPS) is 10.6. The molecule has 3 N–H and O–H groups in total. The number of hydrogen-bond acceptors (Lipinski definition) is 4. The molecule has 0 fully saturated rings. The number of nitrogens with zero attached hydrogens (tertiary/aromatic N) is 1. The molecular weight excluding hydrogens is 198 g/mol. The standard InChI is InChI=1S/C9H15N3OS/c1-6(2)11-9(13)7-5-14-8(12-7)3-4-10/h5-6H,3-4,10H2,1-2H3,(H,11,13). The average molecular weight is 213 g/mol. The van der Waals surface area contributed by atoms with E-state index in [1.165, 1.54) is 11.3 Å². The monoisotopic (exact) mass is 213 g/mol. The van der Waals surface area contributed by atoms with Crippen LogP contribution in [0.5, 0.6) is 0 Å². The Balaban J connectivity index is 2.62. The zero-order valence-corrected chi connectivity index (χ0v) is 9.23. The van der Waals surface area contributed by atoms with Crippen LogP contribution in [0.1, 0.15) is 29.3 Å². The number of aromatic nitrogens is 1. The lowest BCUT2D eigenvalue weighted by Gasteiger charge is -2.05. The van der Waals surface area contributed by atoms with Crippen LogP contribution in [0.25, 0.3) is 0 Å². The number of nitrogens with one attached hydrogen (secondary N) is 1. The van der Waals surface area contributed by atoms with Crippen molar-refractivity contribution in [1.82, 2.24) is 10.3 Å². The molecule has 0 bridgehead atoms. The highest BCUT2D eigenvalue weighted by Gasteiger charge is 2.10. The molecule has 0 atom stereocenters. The first-order valence-electron chi connectivity index (χ1n) is 4.59. The van der Waals surface area contributed by atoms with Gasteiger partial charge in [0.15, 0.2) is 0 Å². The molecule has 0 unspecified atom stereocenters. The number of thiazole rings is 1. The molecule has 14 heavy (non-hydrogen) atoms. The minimum Gasteiger partial charge on any atom is -0.349 e. The van der Waals surface area contributed by atoms with E-state index >= 15 is 0 Å². The van der Waals surface area contributed by atoms with Crippen LogP contribution in [0.3, 0.4) is 0 Å². The van der Waals surface area contributed by atoms with Gasteiger partial charge < -0.3 is 11.1 Å². The summed E-state index contributed by atoms with van der Waals surface area (Å²) in [4.78, 5) is 15.7. The SMILES string of the molecule is CC(C)NC(=O)c1csc(CCN)n1. The summed E-state index contributed by atoms with van der Waals surface area (Å²) in [5.41, 5.74) is 5.89.